The van der Waals surface area contributed by atoms with Crippen LogP contribution in [0.4, 0.5) is 0 Å². The van der Waals surface area contributed by atoms with E-state index in [4.69, 9.17) is 0 Å². The Morgan fingerprint density at radius 3 is 2.94 bits per heavy atom. The zero-order valence-corrected chi connectivity index (χ0v) is 11.5. The first-order valence-electron chi connectivity index (χ1n) is 4.98. The molecule has 0 aromatic carbocycles. The van der Waals surface area contributed by atoms with Gasteiger partial charge < -0.3 is 9.88 Å². The SMILES string of the molecule is CC(NCc1nncn1C)c1ccc(Br)s1. The third-order valence-electron chi connectivity index (χ3n) is 2.39. The molecule has 2 aromatic heterocycles. The molecule has 86 valence electrons. The molecule has 0 saturated heterocycles. The number of halogens is 1. The van der Waals surface area contributed by atoms with Crippen LogP contribution >= 0.6 is 27.3 Å². The number of aromatic nitrogens is 3. The number of thiophene rings is 1. The molecule has 0 bridgehead atoms. The number of nitrogens with zero attached hydrogens (tertiary/aromatic N) is 3. The second-order valence-corrected chi connectivity index (χ2v) is 6.10. The number of hydrogen-bond acceptors (Lipinski definition) is 4. The van der Waals surface area contributed by atoms with Crippen LogP contribution in [0.5, 0.6) is 0 Å². The van der Waals surface area contributed by atoms with Crippen LogP contribution in [0.15, 0.2) is 22.2 Å². The van der Waals surface area contributed by atoms with E-state index < -0.39 is 0 Å². The maximum absolute atomic E-state index is 4.03. The molecule has 0 radical (unpaired) electrons. The minimum Gasteiger partial charge on any atom is -0.320 e. The summed E-state index contributed by atoms with van der Waals surface area (Å²) in [6.45, 7) is 2.88. The van der Waals surface area contributed by atoms with E-state index in [0.717, 1.165) is 16.2 Å². The lowest BCUT2D eigenvalue weighted by atomic mass is 10.3. The highest BCUT2D eigenvalue weighted by Crippen LogP contribution is 2.27. The molecule has 2 aromatic rings. The van der Waals surface area contributed by atoms with Crippen molar-refractivity contribution >= 4 is 27.3 Å². The van der Waals surface area contributed by atoms with Crippen molar-refractivity contribution in [3.63, 3.8) is 0 Å². The Bertz CT molecular complexity index is 465. The molecule has 2 rings (SSSR count). The zero-order valence-electron chi connectivity index (χ0n) is 9.14. The minimum absolute atomic E-state index is 0.327. The summed E-state index contributed by atoms with van der Waals surface area (Å²) in [5, 5.41) is 11.3. The van der Waals surface area contributed by atoms with Gasteiger partial charge in [0.1, 0.15) is 12.2 Å². The highest BCUT2D eigenvalue weighted by atomic mass is 79.9. The average molecular weight is 301 g/mol. The van der Waals surface area contributed by atoms with Gasteiger partial charge in [0, 0.05) is 18.0 Å². The van der Waals surface area contributed by atoms with Crippen LogP contribution in [0.3, 0.4) is 0 Å². The molecule has 0 saturated carbocycles. The lowest BCUT2D eigenvalue weighted by Gasteiger charge is -2.11. The van der Waals surface area contributed by atoms with Gasteiger partial charge in [0.15, 0.2) is 0 Å². The number of rotatable bonds is 4. The molecule has 1 unspecified atom stereocenters. The Labute approximate surface area is 107 Å². The van der Waals surface area contributed by atoms with E-state index in [-0.39, 0.29) is 0 Å². The predicted octanol–water partition coefficient (Wildman–Crippen LogP) is 2.49. The van der Waals surface area contributed by atoms with E-state index in [2.05, 4.69) is 50.5 Å². The van der Waals surface area contributed by atoms with Gasteiger partial charge in [-0.3, -0.25) is 0 Å². The molecular formula is C10H13BrN4S. The molecule has 4 nitrogen and oxygen atoms in total. The number of hydrogen-bond donors (Lipinski definition) is 1. The van der Waals surface area contributed by atoms with Crippen molar-refractivity contribution in [3.05, 3.63) is 32.9 Å². The molecule has 0 spiro atoms. The van der Waals surface area contributed by atoms with E-state index >= 15 is 0 Å². The first kappa shape index (κ1) is 11.8. The predicted molar refractivity (Wildman–Crippen MR) is 68.3 cm³/mol. The first-order chi connectivity index (χ1) is 7.66. The van der Waals surface area contributed by atoms with Crippen LogP contribution in [-0.2, 0) is 13.6 Å². The molecule has 0 fully saturated rings. The third kappa shape index (κ3) is 2.69. The van der Waals surface area contributed by atoms with E-state index in [0.29, 0.717) is 6.04 Å². The van der Waals surface area contributed by atoms with Crippen molar-refractivity contribution in [2.75, 3.05) is 0 Å². The van der Waals surface area contributed by atoms with Gasteiger partial charge in [-0.15, -0.1) is 21.5 Å². The molecule has 0 aliphatic rings. The summed E-state index contributed by atoms with van der Waals surface area (Å²) in [7, 11) is 1.95. The Kier molecular flexibility index (Phi) is 3.73. The summed E-state index contributed by atoms with van der Waals surface area (Å²) in [5.41, 5.74) is 0. The lowest BCUT2D eigenvalue weighted by molar-refractivity contribution is 0.555. The Hall–Kier alpha value is -0.720. The Morgan fingerprint density at radius 2 is 2.38 bits per heavy atom. The Balaban J connectivity index is 1.93. The highest BCUT2D eigenvalue weighted by molar-refractivity contribution is 9.11. The van der Waals surface area contributed by atoms with Crippen LogP contribution in [-0.4, -0.2) is 14.8 Å². The average Bonchev–Trinajstić information content (AvgIpc) is 2.84. The highest BCUT2D eigenvalue weighted by Gasteiger charge is 2.08. The number of nitrogens with one attached hydrogen (secondary N) is 1. The van der Waals surface area contributed by atoms with Gasteiger partial charge >= 0.3 is 0 Å². The van der Waals surface area contributed by atoms with E-state index in [1.54, 1.807) is 17.7 Å². The van der Waals surface area contributed by atoms with Crippen LogP contribution in [0, 0.1) is 0 Å². The fourth-order valence-corrected chi connectivity index (χ4v) is 2.82. The van der Waals surface area contributed by atoms with E-state index in [9.17, 15) is 0 Å². The smallest absolute Gasteiger partial charge is 0.146 e. The van der Waals surface area contributed by atoms with E-state index in [1.807, 2.05) is 11.6 Å². The molecule has 0 aliphatic heterocycles. The van der Waals surface area contributed by atoms with Crippen LogP contribution in [0.1, 0.15) is 23.7 Å². The maximum atomic E-state index is 4.03. The summed E-state index contributed by atoms with van der Waals surface area (Å²) >= 11 is 5.21. The van der Waals surface area contributed by atoms with Gasteiger partial charge in [-0.25, -0.2) is 0 Å². The van der Waals surface area contributed by atoms with Gasteiger partial charge in [-0.2, -0.15) is 0 Å². The quantitative estimate of drug-likeness (QED) is 0.943. The van der Waals surface area contributed by atoms with Crippen LogP contribution in [0.2, 0.25) is 0 Å². The van der Waals surface area contributed by atoms with Gasteiger partial charge in [-0.05, 0) is 35.0 Å². The molecule has 6 heteroatoms. The normalized spacial score (nSPS) is 12.9. The first-order valence-corrected chi connectivity index (χ1v) is 6.59. The van der Waals surface area contributed by atoms with Gasteiger partial charge in [0.05, 0.1) is 10.3 Å². The molecule has 1 N–H and O–H groups in total. The van der Waals surface area contributed by atoms with Crippen LogP contribution in [0.25, 0.3) is 0 Å². The zero-order chi connectivity index (χ0) is 11.5. The largest absolute Gasteiger partial charge is 0.320 e. The summed E-state index contributed by atoms with van der Waals surface area (Å²) in [5.74, 6) is 0.947. The standard InChI is InChI=1S/C10H13BrN4S/c1-7(8-3-4-9(11)16-8)12-5-10-14-13-6-15(10)2/h3-4,6-7,12H,5H2,1-2H3. The monoisotopic (exact) mass is 300 g/mol. The Morgan fingerprint density at radius 1 is 1.56 bits per heavy atom. The van der Waals surface area contributed by atoms with Crippen molar-refractivity contribution in [1.82, 2.24) is 20.1 Å². The molecule has 1 atom stereocenters. The second-order valence-electron chi connectivity index (χ2n) is 3.60. The topological polar surface area (TPSA) is 42.7 Å². The molecule has 0 aliphatic carbocycles. The molecule has 2 heterocycles. The molecular weight excluding hydrogens is 288 g/mol. The molecule has 16 heavy (non-hydrogen) atoms. The van der Waals surface area contributed by atoms with Crippen molar-refractivity contribution < 1.29 is 0 Å². The maximum Gasteiger partial charge on any atom is 0.146 e. The lowest BCUT2D eigenvalue weighted by Crippen LogP contribution is -2.19. The van der Waals surface area contributed by atoms with Gasteiger partial charge in [0.2, 0.25) is 0 Å². The summed E-state index contributed by atoms with van der Waals surface area (Å²) in [4.78, 5) is 1.31. The third-order valence-corrected chi connectivity index (χ3v) is 4.20. The summed E-state index contributed by atoms with van der Waals surface area (Å²) < 4.78 is 3.08. The van der Waals surface area contributed by atoms with Crippen molar-refractivity contribution in [3.8, 4) is 0 Å². The number of aryl methyl sites for hydroxylation is 1. The van der Waals surface area contributed by atoms with Gasteiger partial charge in [-0.1, -0.05) is 0 Å². The summed E-state index contributed by atoms with van der Waals surface area (Å²) in [6.07, 6.45) is 1.71. The van der Waals surface area contributed by atoms with Crippen molar-refractivity contribution in [1.29, 1.82) is 0 Å². The fraction of sp³-hybridized carbons (Fsp3) is 0.400. The van der Waals surface area contributed by atoms with Gasteiger partial charge in [0.25, 0.3) is 0 Å². The van der Waals surface area contributed by atoms with Crippen molar-refractivity contribution in [2.45, 2.75) is 19.5 Å². The van der Waals surface area contributed by atoms with E-state index in [1.165, 1.54) is 4.88 Å². The van der Waals surface area contributed by atoms with Crippen LogP contribution < -0.4 is 5.32 Å². The summed E-state index contributed by atoms with van der Waals surface area (Å²) in [6, 6.07) is 4.52. The molecule has 0 amide bonds. The minimum atomic E-state index is 0.327. The van der Waals surface area contributed by atoms with Crippen molar-refractivity contribution in [2.24, 2.45) is 7.05 Å². The second kappa shape index (κ2) is 5.07. The fourth-order valence-electron chi connectivity index (χ4n) is 1.37.